The van der Waals surface area contributed by atoms with E-state index in [0.29, 0.717) is 6.42 Å². The van der Waals surface area contributed by atoms with Crippen LogP contribution in [-0.2, 0) is 9.36 Å². The fraction of sp³-hybridized carbons (Fsp3) is 0.950. The molecule has 8 heteroatoms. The van der Waals surface area contributed by atoms with Crippen molar-refractivity contribution < 1.29 is 34.3 Å². The molecule has 7 nitrogen and oxygen atoms in total. The van der Waals surface area contributed by atoms with Gasteiger partial charge in [-0.1, -0.05) is 97.8 Å². The van der Waals surface area contributed by atoms with Crippen molar-refractivity contribution in [3.8, 4) is 0 Å². The Bertz CT molecular complexity index is 299. The molecule has 0 bridgehead atoms. The van der Waals surface area contributed by atoms with Crippen LogP contribution in [0.3, 0.4) is 0 Å². The van der Waals surface area contributed by atoms with Crippen molar-refractivity contribution in [1.29, 1.82) is 0 Å². The monoisotopic (exact) mass is 430 g/mol. The maximum Gasteiger partial charge on any atom is 0.466 e. The van der Waals surface area contributed by atoms with Crippen molar-refractivity contribution >= 4 is 14.1 Å². The first-order valence-corrected chi connectivity index (χ1v) is 12.1. The first-order chi connectivity index (χ1) is 13.2. The van der Waals surface area contributed by atoms with Crippen molar-refractivity contribution in [1.82, 2.24) is 0 Å². The highest BCUT2D eigenvalue weighted by Crippen LogP contribution is 2.25. The molecule has 0 rings (SSSR count). The second kappa shape index (κ2) is 31.4. The summed E-state index contributed by atoms with van der Waals surface area (Å²) in [4.78, 5) is 31.7. The highest BCUT2D eigenvalue weighted by atomic mass is 31.2. The van der Waals surface area contributed by atoms with E-state index in [0.717, 1.165) is 26.2 Å². The van der Waals surface area contributed by atoms with Gasteiger partial charge in [0.25, 0.3) is 0 Å². The molecule has 0 aromatic heterocycles. The summed E-state index contributed by atoms with van der Waals surface area (Å²) >= 11 is 0. The molecule has 0 saturated carbocycles. The molecule has 0 fully saturated rings. The fourth-order valence-corrected chi connectivity index (χ4v) is 2.27. The summed E-state index contributed by atoms with van der Waals surface area (Å²) in [6.45, 7) is 6.66. The lowest BCUT2D eigenvalue weighted by Gasteiger charge is -2.06. The number of unbranched alkanes of at least 4 members (excludes halogenated alkanes) is 10. The van der Waals surface area contributed by atoms with Gasteiger partial charge in [-0.3, -0.25) is 0 Å². The Morgan fingerprint density at radius 3 is 1.32 bits per heavy atom. The third kappa shape index (κ3) is 63.6. The van der Waals surface area contributed by atoms with E-state index in [-0.39, 0.29) is 0 Å². The van der Waals surface area contributed by atoms with Crippen LogP contribution in [0.5, 0.6) is 0 Å². The summed E-state index contributed by atoms with van der Waals surface area (Å²) < 4.78 is 8.88. The van der Waals surface area contributed by atoms with Crippen molar-refractivity contribution in [2.45, 2.75) is 117 Å². The molecule has 0 heterocycles. The van der Waals surface area contributed by atoms with Crippen molar-refractivity contribution in [3.63, 3.8) is 0 Å². The van der Waals surface area contributed by atoms with Crippen LogP contribution >= 0.6 is 7.82 Å². The van der Waals surface area contributed by atoms with Gasteiger partial charge in [0.2, 0.25) is 0 Å². The molecular weight excluding hydrogens is 383 g/mol. The Balaban J connectivity index is -0.000000196. The van der Waals surface area contributed by atoms with E-state index in [1.165, 1.54) is 70.6 Å². The Morgan fingerprint density at radius 2 is 1.04 bits per heavy atom. The largest absolute Gasteiger partial charge is 0.466 e. The number of rotatable bonds is 14. The number of hydrogen-bond donors (Lipinski definition) is 5. The normalized spacial score (nSPS) is 11.0. The minimum Gasteiger partial charge on any atom is -0.400 e. The quantitative estimate of drug-likeness (QED) is 0.153. The lowest BCUT2D eigenvalue weighted by molar-refractivity contribution is -0.109. The molecule has 174 valence electrons. The van der Waals surface area contributed by atoms with E-state index < -0.39 is 13.9 Å². The van der Waals surface area contributed by atoms with Crippen LogP contribution in [0.2, 0.25) is 0 Å². The fourth-order valence-electron chi connectivity index (χ4n) is 2.27. The second-order valence-corrected chi connectivity index (χ2v) is 7.57. The van der Waals surface area contributed by atoms with Gasteiger partial charge < -0.3 is 29.7 Å². The number of aliphatic hydroxyl groups is 2. The van der Waals surface area contributed by atoms with Crippen LogP contribution < -0.4 is 0 Å². The number of carbonyl (C=O) groups is 1. The zero-order chi connectivity index (χ0) is 22.7. The van der Waals surface area contributed by atoms with Gasteiger partial charge >= 0.3 is 7.82 Å². The maximum atomic E-state index is 10.1. The summed E-state index contributed by atoms with van der Waals surface area (Å²) in [7, 11) is -3.64. The van der Waals surface area contributed by atoms with Gasteiger partial charge in [-0.05, 0) is 6.42 Å². The highest BCUT2D eigenvalue weighted by Gasteiger charge is 2.02. The highest BCUT2D eigenvalue weighted by molar-refractivity contribution is 7.45. The topological polar surface area (TPSA) is 135 Å². The molecule has 1 atom stereocenters. The molecular formula is C20H47O7P. The Labute approximate surface area is 172 Å². The zero-order valence-electron chi connectivity index (χ0n) is 18.6. The molecule has 0 spiro atoms. The van der Waals surface area contributed by atoms with Crippen molar-refractivity contribution in [3.05, 3.63) is 0 Å². The van der Waals surface area contributed by atoms with Gasteiger partial charge in [0.15, 0.2) is 0 Å². The van der Waals surface area contributed by atoms with Gasteiger partial charge in [0, 0.05) is 13.5 Å². The van der Waals surface area contributed by atoms with E-state index in [1.807, 2.05) is 0 Å². The first-order valence-electron chi connectivity index (χ1n) is 10.6. The van der Waals surface area contributed by atoms with Crippen molar-refractivity contribution in [2.24, 2.45) is 0 Å². The molecule has 0 aliphatic rings. The lowest BCUT2D eigenvalue weighted by atomic mass is 10.0. The van der Waals surface area contributed by atoms with Crippen LogP contribution in [0, 0.1) is 0 Å². The van der Waals surface area contributed by atoms with E-state index in [4.69, 9.17) is 24.4 Å². The van der Waals surface area contributed by atoms with E-state index in [2.05, 4.69) is 20.8 Å². The third-order valence-electron chi connectivity index (χ3n) is 3.72. The summed E-state index contributed by atoms with van der Waals surface area (Å²) in [6.07, 6.45) is 17.2. The molecule has 1 unspecified atom stereocenters. The first kappa shape index (κ1) is 35.2. The van der Waals surface area contributed by atoms with Crippen LogP contribution in [0.1, 0.15) is 111 Å². The van der Waals surface area contributed by atoms with Crippen molar-refractivity contribution in [2.75, 3.05) is 7.11 Å². The Morgan fingerprint density at radius 1 is 0.714 bits per heavy atom. The number of carbonyl (C=O) groups excluding carboxylic acids is 1. The molecule has 0 aromatic carbocycles. The van der Waals surface area contributed by atoms with Gasteiger partial charge in [-0.25, -0.2) is 4.57 Å². The summed E-state index contributed by atoms with van der Waals surface area (Å²) in [6, 6.07) is 0. The zero-order valence-corrected chi connectivity index (χ0v) is 19.4. The Hall–Kier alpha value is -0.300. The number of aliphatic hydroxyl groups excluding tert-OH is 2. The van der Waals surface area contributed by atoms with E-state index in [9.17, 15) is 9.90 Å². The van der Waals surface area contributed by atoms with Crippen LogP contribution in [-0.4, -0.2) is 44.4 Å². The number of aldehydes is 1. The molecule has 0 amide bonds. The molecule has 0 aliphatic carbocycles. The minimum absolute atomic E-state index is 0.303. The van der Waals surface area contributed by atoms with Gasteiger partial charge in [-0.2, -0.15) is 0 Å². The summed E-state index contributed by atoms with van der Waals surface area (Å²) in [5, 5.41) is 16.3. The molecule has 0 saturated heterocycles. The smallest absolute Gasteiger partial charge is 0.400 e. The lowest BCUT2D eigenvalue weighted by Crippen LogP contribution is -2.06. The molecule has 0 radical (unpaired) electrons. The summed E-state index contributed by atoms with van der Waals surface area (Å²) in [5.41, 5.74) is 0. The minimum atomic E-state index is -4.64. The predicted molar refractivity (Wildman–Crippen MR) is 116 cm³/mol. The number of hydrogen-bond acceptors (Lipinski definition) is 4. The molecule has 28 heavy (non-hydrogen) atoms. The van der Waals surface area contributed by atoms with E-state index >= 15 is 0 Å². The molecule has 5 N–H and O–H groups in total. The summed E-state index contributed by atoms with van der Waals surface area (Å²) in [5.74, 6) is 0. The van der Waals surface area contributed by atoms with Crippen LogP contribution in [0.25, 0.3) is 0 Å². The SMILES string of the molecule is CCCCC.CCCCCCCCCCCC(O)CC=O.CO.O=P(O)(O)O. The van der Waals surface area contributed by atoms with E-state index in [1.54, 1.807) is 0 Å². The van der Waals surface area contributed by atoms with Crippen LogP contribution in [0.4, 0.5) is 0 Å². The molecule has 0 aromatic rings. The van der Waals surface area contributed by atoms with Gasteiger partial charge in [0.05, 0.1) is 6.10 Å². The standard InChI is InChI=1S/C14H28O2.C5H12.CH4O.H3O4P/c1-2-3-4-5-6-7-8-9-10-11-14(16)12-13-15;1-3-5-4-2;1-2;1-5(2,3)4/h13-14,16H,2-12H2,1H3;3-5H2,1-2H3;2H,1H3;(H3,1,2,3,4). The molecule has 0 aliphatic heterocycles. The van der Waals surface area contributed by atoms with Gasteiger partial charge in [0.1, 0.15) is 6.29 Å². The third-order valence-corrected chi connectivity index (χ3v) is 3.72. The average molecular weight is 431 g/mol. The number of phosphoric acid groups is 1. The maximum absolute atomic E-state index is 10.1. The van der Waals surface area contributed by atoms with Crippen LogP contribution in [0.15, 0.2) is 0 Å². The second-order valence-electron chi connectivity index (χ2n) is 6.54. The van der Waals surface area contributed by atoms with Gasteiger partial charge in [-0.15, -0.1) is 0 Å². The predicted octanol–water partition coefficient (Wildman–Crippen LogP) is 4.73. The Kier molecular flexibility index (Phi) is 39.4. The average Bonchev–Trinajstić information content (AvgIpc) is 2.62.